The summed E-state index contributed by atoms with van der Waals surface area (Å²) in [6, 6.07) is -5.48. The first kappa shape index (κ1) is 38.0. The van der Waals surface area contributed by atoms with E-state index in [1.165, 1.54) is 4.90 Å². The molecule has 4 atom stereocenters. The smallest absolute Gasteiger partial charge is 0.324 e. The first-order valence-corrected chi connectivity index (χ1v) is 15.0. The second kappa shape index (κ2) is 20.1. The fraction of sp³-hybridized carbons (Fsp3) is 0.741. The summed E-state index contributed by atoms with van der Waals surface area (Å²) in [5.41, 5.74) is 22.1. The van der Waals surface area contributed by atoms with Crippen LogP contribution in [0, 0.1) is 5.92 Å². The Morgan fingerprint density at radius 1 is 0.818 bits per heavy atom. The molecule has 1 heterocycles. The normalized spacial score (nSPS) is 15.7. The van der Waals surface area contributed by atoms with E-state index in [0.29, 0.717) is 38.9 Å². The highest BCUT2D eigenvalue weighted by Gasteiger charge is 2.33. The van der Waals surface area contributed by atoms with Gasteiger partial charge in [0.2, 0.25) is 17.7 Å². The molecular weight excluding hydrogens is 576 g/mol. The molecule has 1 aliphatic rings. The summed E-state index contributed by atoms with van der Waals surface area (Å²) in [5, 5.41) is 19.2. The van der Waals surface area contributed by atoms with Crippen molar-refractivity contribution in [1.82, 2.24) is 26.2 Å². The summed E-state index contributed by atoms with van der Waals surface area (Å²) in [5.74, 6) is -5.10. The van der Waals surface area contributed by atoms with E-state index in [4.69, 9.17) is 22.9 Å². The number of hydrogen-bond donors (Lipinski definition) is 9. The van der Waals surface area contributed by atoms with Crippen molar-refractivity contribution in [3.8, 4) is 0 Å². The lowest BCUT2D eigenvalue weighted by Crippen LogP contribution is -2.59. The lowest BCUT2D eigenvalue weighted by molar-refractivity contribution is -0.141. The van der Waals surface area contributed by atoms with Gasteiger partial charge in [-0.2, -0.15) is 0 Å². The van der Waals surface area contributed by atoms with E-state index in [2.05, 4.69) is 26.3 Å². The van der Waals surface area contributed by atoms with Crippen molar-refractivity contribution in [1.29, 1.82) is 0 Å². The predicted octanol–water partition coefficient (Wildman–Crippen LogP) is -2.20. The third-order valence-corrected chi connectivity index (χ3v) is 7.02. The molecule has 0 saturated carbocycles. The van der Waals surface area contributed by atoms with Crippen LogP contribution in [0.25, 0.3) is 0 Å². The van der Waals surface area contributed by atoms with E-state index >= 15 is 0 Å². The molecular formula is C27H50N10O7. The Kier molecular flexibility index (Phi) is 17.3. The zero-order valence-electron chi connectivity index (χ0n) is 25.7. The maximum Gasteiger partial charge on any atom is 0.324 e. The average molecular weight is 627 g/mol. The lowest BCUT2D eigenvalue weighted by atomic mass is 10.0. The van der Waals surface area contributed by atoms with Crippen LogP contribution >= 0.6 is 0 Å². The number of aliphatic carboxylic acids is 1. The fourth-order valence-corrected chi connectivity index (χ4v) is 4.50. The number of carbonyl (C=O) groups excluding carboxylic acids is 5. The molecule has 0 aromatic rings. The van der Waals surface area contributed by atoms with Crippen molar-refractivity contribution in [2.45, 2.75) is 95.8 Å². The molecule has 13 N–H and O–H groups in total. The fourth-order valence-electron chi connectivity index (χ4n) is 4.50. The Balaban J connectivity index is 2.97. The van der Waals surface area contributed by atoms with Gasteiger partial charge in [0, 0.05) is 19.6 Å². The number of aliphatic imine (C=N–C) groups is 1. The Bertz CT molecular complexity index is 1010. The molecule has 250 valence electrons. The number of hydrogen-bond acceptors (Lipinski definition) is 9. The van der Waals surface area contributed by atoms with E-state index in [1.807, 2.05) is 0 Å². The molecule has 1 saturated heterocycles. The number of carbonyl (C=O) groups is 6. The number of nitrogens with zero attached hydrogens (tertiary/aromatic N) is 2. The van der Waals surface area contributed by atoms with Crippen molar-refractivity contribution in [3.05, 3.63) is 0 Å². The van der Waals surface area contributed by atoms with Gasteiger partial charge in [0.05, 0.1) is 12.5 Å². The highest BCUT2D eigenvalue weighted by molar-refractivity contribution is 6.00. The molecule has 0 aromatic heterocycles. The Morgan fingerprint density at radius 2 is 1.43 bits per heavy atom. The summed E-state index contributed by atoms with van der Waals surface area (Å²) in [7, 11) is 0. The number of guanidine groups is 1. The van der Waals surface area contributed by atoms with Gasteiger partial charge in [0.25, 0.3) is 5.91 Å². The summed E-state index contributed by atoms with van der Waals surface area (Å²) in [6.07, 6.45) is 3.61. The van der Waals surface area contributed by atoms with Gasteiger partial charge in [-0.25, -0.2) is 4.79 Å². The molecule has 1 rings (SSSR count). The summed E-state index contributed by atoms with van der Waals surface area (Å²) >= 11 is 0. The number of likely N-dealkylation sites (tertiary alicyclic amines) is 1. The molecule has 0 unspecified atom stereocenters. The third-order valence-electron chi connectivity index (χ3n) is 7.02. The molecule has 1 aliphatic heterocycles. The highest BCUT2D eigenvalue weighted by atomic mass is 16.4. The molecule has 17 heteroatoms. The van der Waals surface area contributed by atoms with E-state index in [1.54, 1.807) is 13.8 Å². The molecule has 17 nitrogen and oxygen atoms in total. The number of nitrogens with two attached hydrogens (primary N) is 4. The topological polar surface area (TPSA) is 290 Å². The second-order valence-corrected chi connectivity index (χ2v) is 11.1. The van der Waals surface area contributed by atoms with Crippen molar-refractivity contribution in [2.24, 2.45) is 33.8 Å². The summed E-state index contributed by atoms with van der Waals surface area (Å²) in [4.78, 5) is 81.6. The molecule has 44 heavy (non-hydrogen) atoms. The van der Waals surface area contributed by atoms with Gasteiger partial charge in [-0.15, -0.1) is 0 Å². The molecule has 0 spiro atoms. The number of carboxylic acids is 1. The van der Waals surface area contributed by atoms with Crippen molar-refractivity contribution in [3.63, 3.8) is 0 Å². The minimum Gasteiger partial charge on any atom is -0.481 e. The van der Waals surface area contributed by atoms with Crippen molar-refractivity contribution in [2.75, 3.05) is 26.2 Å². The number of unbranched alkanes of at least 4 members (excludes halogenated alkanes) is 1. The van der Waals surface area contributed by atoms with Crippen LogP contribution in [0.4, 0.5) is 4.79 Å². The van der Waals surface area contributed by atoms with Gasteiger partial charge < -0.3 is 48.9 Å². The van der Waals surface area contributed by atoms with E-state index in [0.717, 1.165) is 19.3 Å². The van der Waals surface area contributed by atoms with Crippen LogP contribution in [0.2, 0.25) is 0 Å². The minimum absolute atomic E-state index is 0.0918. The molecule has 6 amide bonds. The Hall–Kier alpha value is -3.99. The van der Waals surface area contributed by atoms with Gasteiger partial charge in [0.15, 0.2) is 5.96 Å². The number of rotatable bonds is 18. The highest BCUT2D eigenvalue weighted by Crippen LogP contribution is 2.10. The number of piperidine rings is 1. The lowest BCUT2D eigenvalue weighted by Gasteiger charge is -2.29. The van der Waals surface area contributed by atoms with E-state index < -0.39 is 72.1 Å². The average Bonchev–Trinajstić information content (AvgIpc) is 2.96. The van der Waals surface area contributed by atoms with Crippen LogP contribution in [0.15, 0.2) is 4.99 Å². The number of imide groups is 1. The van der Waals surface area contributed by atoms with E-state index in [9.17, 15) is 33.9 Å². The van der Waals surface area contributed by atoms with Crippen molar-refractivity contribution >= 4 is 41.6 Å². The summed E-state index contributed by atoms with van der Waals surface area (Å²) in [6.45, 7) is 4.91. The largest absolute Gasteiger partial charge is 0.481 e. The third kappa shape index (κ3) is 14.5. The van der Waals surface area contributed by atoms with Gasteiger partial charge in [0.1, 0.15) is 18.1 Å². The van der Waals surface area contributed by atoms with Crippen LogP contribution in [-0.2, 0) is 24.0 Å². The molecule has 0 aromatic carbocycles. The SMILES string of the molecule is CC(C)[C@H](NC(=O)[C@H](CC(=O)O)NC(=O)[C@H](CCCCN)NC(=O)[C@@H](N)CCCN=C(N)N)C(=O)NC(=O)N1CCCCC1. The number of amides is 6. The molecule has 0 radical (unpaired) electrons. The van der Waals surface area contributed by atoms with Crippen LogP contribution in [0.1, 0.15) is 71.6 Å². The van der Waals surface area contributed by atoms with Crippen LogP contribution < -0.4 is 44.2 Å². The Labute approximate surface area is 257 Å². The van der Waals surface area contributed by atoms with Gasteiger partial charge in [-0.05, 0) is 63.8 Å². The first-order valence-electron chi connectivity index (χ1n) is 15.0. The zero-order valence-corrected chi connectivity index (χ0v) is 25.7. The maximum absolute atomic E-state index is 13.3. The molecule has 1 fully saturated rings. The monoisotopic (exact) mass is 626 g/mol. The number of urea groups is 1. The number of carboxylic acid groups (broad SMARTS) is 1. The molecule has 0 aliphatic carbocycles. The quantitative estimate of drug-likeness (QED) is 0.0447. The van der Waals surface area contributed by atoms with Crippen LogP contribution in [0.3, 0.4) is 0 Å². The van der Waals surface area contributed by atoms with Crippen LogP contribution in [0.5, 0.6) is 0 Å². The first-order chi connectivity index (χ1) is 20.8. The van der Waals surface area contributed by atoms with E-state index in [-0.39, 0.29) is 25.3 Å². The van der Waals surface area contributed by atoms with Gasteiger partial charge in [-0.1, -0.05) is 13.8 Å². The Morgan fingerprint density at radius 3 is 2.00 bits per heavy atom. The second-order valence-electron chi connectivity index (χ2n) is 11.1. The summed E-state index contributed by atoms with van der Waals surface area (Å²) < 4.78 is 0. The standard InChI is InChI=1S/C27H50N10O7/c1-16(2)21(25(43)36-27(44)37-13-6-3-7-14-37)35-24(42)19(15-20(38)39)34-23(41)18(10-4-5-11-28)33-22(40)17(29)9-8-12-32-26(30)31/h16-19,21H,3-15,28-29H2,1-2H3,(H,33,40)(H,34,41)(H,35,42)(H,38,39)(H4,30,31,32)(H,36,43,44)/t17-,18-,19-,21-/m0/s1. The minimum atomic E-state index is -1.59. The van der Waals surface area contributed by atoms with Crippen LogP contribution in [-0.4, -0.2) is 102 Å². The zero-order chi connectivity index (χ0) is 33.2. The van der Waals surface area contributed by atoms with Gasteiger partial charge >= 0.3 is 12.0 Å². The number of nitrogens with one attached hydrogen (secondary N) is 4. The van der Waals surface area contributed by atoms with Gasteiger partial charge in [-0.3, -0.25) is 34.3 Å². The van der Waals surface area contributed by atoms with Crippen molar-refractivity contribution < 1.29 is 33.9 Å². The molecule has 0 bridgehead atoms. The maximum atomic E-state index is 13.3. The predicted molar refractivity (Wildman–Crippen MR) is 163 cm³/mol.